The number of carbonyl (C=O) groups is 1. The molecule has 0 aliphatic carbocycles. The summed E-state index contributed by atoms with van der Waals surface area (Å²) in [6.45, 7) is 5.94. The highest BCUT2D eigenvalue weighted by molar-refractivity contribution is 6.43. The summed E-state index contributed by atoms with van der Waals surface area (Å²) >= 11 is 12.6. The summed E-state index contributed by atoms with van der Waals surface area (Å²) in [6.07, 6.45) is 1.54. The Hall–Kier alpha value is -2.54. The van der Waals surface area contributed by atoms with Gasteiger partial charge in [-0.2, -0.15) is 0 Å². The first-order chi connectivity index (χ1) is 15.0. The van der Waals surface area contributed by atoms with Crippen LogP contribution < -0.4 is 10.2 Å². The number of hydrogen-bond acceptors (Lipinski definition) is 6. The van der Waals surface area contributed by atoms with Gasteiger partial charge in [-0.3, -0.25) is 4.98 Å². The Labute approximate surface area is 191 Å². The molecular weight excluding hydrogens is 435 g/mol. The lowest BCUT2D eigenvalue weighted by Crippen LogP contribution is -2.44. The fraction of sp³-hybridized carbons (Fsp3) is 0.304. The van der Waals surface area contributed by atoms with Crippen molar-refractivity contribution < 1.29 is 9.53 Å². The molecule has 1 fully saturated rings. The molecule has 2 heterocycles. The summed E-state index contributed by atoms with van der Waals surface area (Å²) in [7, 11) is 2.13. The van der Waals surface area contributed by atoms with E-state index in [2.05, 4.69) is 39.3 Å². The zero-order valence-corrected chi connectivity index (χ0v) is 19.0. The number of esters is 1. The summed E-state index contributed by atoms with van der Waals surface area (Å²) < 4.78 is 5.27. The molecule has 8 heteroatoms. The second-order valence-corrected chi connectivity index (χ2v) is 8.27. The van der Waals surface area contributed by atoms with Gasteiger partial charge in [0.1, 0.15) is 5.56 Å². The number of carbonyl (C=O) groups excluding carboxylic acids is 1. The molecule has 3 aromatic rings. The lowest BCUT2D eigenvalue weighted by Gasteiger charge is -2.34. The van der Waals surface area contributed by atoms with Crippen LogP contribution in [-0.2, 0) is 4.74 Å². The fourth-order valence-corrected chi connectivity index (χ4v) is 4.02. The second-order valence-electron chi connectivity index (χ2n) is 7.49. The molecule has 0 atom stereocenters. The quantitative estimate of drug-likeness (QED) is 0.529. The summed E-state index contributed by atoms with van der Waals surface area (Å²) in [5, 5.41) is 4.95. The summed E-state index contributed by atoms with van der Waals surface area (Å²) in [5.74, 6) is -0.442. The lowest BCUT2D eigenvalue weighted by molar-refractivity contribution is 0.0527. The van der Waals surface area contributed by atoms with Gasteiger partial charge in [-0.25, -0.2) is 4.79 Å². The van der Waals surface area contributed by atoms with Crippen molar-refractivity contribution in [1.82, 2.24) is 9.88 Å². The van der Waals surface area contributed by atoms with Crippen molar-refractivity contribution in [2.45, 2.75) is 6.92 Å². The van der Waals surface area contributed by atoms with E-state index in [1.54, 1.807) is 19.1 Å². The predicted molar refractivity (Wildman–Crippen MR) is 127 cm³/mol. The molecule has 1 aromatic heterocycles. The zero-order valence-electron chi connectivity index (χ0n) is 17.5. The number of rotatable bonds is 5. The van der Waals surface area contributed by atoms with E-state index in [0.717, 1.165) is 42.8 Å². The number of pyridine rings is 1. The minimum absolute atomic E-state index is 0.273. The molecule has 0 spiro atoms. The Morgan fingerprint density at radius 1 is 1.16 bits per heavy atom. The third-order valence-corrected chi connectivity index (χ3v) is 6.25. The van der Waals surface area contributed by atoms with Crippen LogP contribution in [0.25, 0.3) is 10.9 Å². The van der Waals surface area contributed by atoms with Gasteiger partial charge in [-0.15, -0.1) is 0 Å². The van der Waals surface area contributed by atoms with Crippen LogP contribution in [0.3, 0.4) is 0 Å². The SMILES string of the molecule is CCOC(=O)c1cnc2ccc(N3CCN(C)CC3)cc2c1Nc1cccc(Cl)c1Cl. The zero-order chi connectivity index (χ0) is 22.0. The van der Waals surface area contributed by atoms with Gasteiger partial charge in [0.15, 0.2) is 0 Å². The average Bonchev–Trinajstić information content (AvgIpc) is 2.77. The Morgan fingerprint density at radius 2 is 1.94 bits per heavy atom. The summed E-state index contributed by atoms with van der Waals surface area (Å²) in [4.78, 5) is 21.8. The molecule has 2 aromatic carbocycles. The summed E-state index contributed by atoms with van der Waals surface area (Å²) in [5.41, 5.74) is 3.41. The van der Waals surface area contributed by atoms with E-state index in [1.165, 1.54) is 6.20 Å². The summed E-state index contributed by atoms with van der Waals surface area (Å²) in [6, 6.07) is 11.5. The molecule has 1 aliphatic heterocycles. The van der Waals surface area contributed by atoms with E-state index in [1.807, 2.05) is 12.1 Å². The normalized spacial score (nSPS) is 14.6. The van der Waals surface area contributed by atoms with Crippen molar-refractivity contribution in [3.8, 4) is 0 Å². The Bertz CT molecular complexity index is 1110. The van der Waals surface area contributed by atoms with Crippen molar-refractivity contribution in [3.05, 3.63) is 58.2 Å². The monoisotopic (exact) mass is 458 g/mol. The molecule has 0 radical (unpaired) electrons. The van der Waals surface area contributed by atoms with Crippen molar-refractivity contribution in [3.63, 3.8) is 0 Å². The van der Waals surface area contributed by atoms with Crippen LogP contribution in [0.5, 0.6) is 0 Å². The number of anilines is 3. The Balaban J connectivity index is 1.83. The number of nitrogens with one attached hydrogen (secondary N) is 1. The van der Waals surface area contributed by atoms with E-state index in [-0.39, 0.29) is 6.61 Å². The maximum absolute atomic E-state index is 12.7. The minimum atomic E-state index is -0.442. The number of aromatic nitrogens is 1. The van der Waals surface area contributed by atoms with E-state index in [4.69, 9.17) is 27.9 Å². The highest BCUT2D eigenvalue weighted by Gasteiger charge is 2.20. The molecular formula is C23H24Cl2N4O2. The van der Waals surface area contributed by atoms with Gasteiger partial charge >= 0.3 is 5.97 Å². The van der Waals surface area contributed by atoms with Crippen LogP contribution in [0, 0.1) is 0 Å². The van der Waals surface area contributed by atoms with E-state index < -0.39 is 5.97 Å². The molecule has 0 bridgehead atoms. The lowest BCUT2D eigenvalue weighted by atomic mass is 10.1. The topological polar surface area (TPSA) is 57.7 Å². The van der Waals surface area contributed by atoms with Gasteiger partial charge in [0.05, 0.1) is 33.5 Å². The molecule has 0 unspecified atom stereocenters. The number of halogens is 2. The number of likely N-dealkylation sites (N-methyl/N-ethyl adjacent to an activating group) is 1. The number of benzene rings is 2. The highest BCUT2D eigenvalue weighted by atomic mass is 35.5. The average molecular weight is 459 g/mol. The number of fused-ring (bicyclic) bond motifs is 1. The Kier molecular flexibility index (Phi) is 6.51. The molecule has 6 nitrogen and oxygen atoms in total. The third-order valence-electron chi connectivity index (χ3n) is 5.43. The van der Waals surface area contributed by atoms with Crippen LogP contribution >= 0.6 is 23.2 Å². The van der Waals surface area contributed by atoms with Gasteiger partial charge in [-0.1, -0.05) is 29.3 Å². The van der Waals surface area contributed by atoms with Crippen LogP contribution in [0.15, 0.2) is 42.6 Å². The first-order valence-corrected chi connectivity index (χ1v) is 11.0. The van der Waals surface area contributed by atoms with Gasteiger partial charge in [-0.05, 0) is 44.3 Å². The van der Waals surface area contributed by atoms with Crippen LogP contribution in [0.2, 0.25) is 10.0 Å². The molecule has 162 valence electrons. The largest absolute Gasteiger partial charge is 0.462 e. The van der Waals surface area contributed by atoms with E-state index in [9.17, 15) is 4.79 Å². The number of piperazine rings is 1. The maximum atomic E-state index is 12.7. The molecule has 31 heavy (non-hydrogen) atoms. The molecule has 1 saturated heterocycles. The van der Waals surface area contributed by atoms with E-state index >= 15 is 0 Å². The number of nitrogens with zero attached hydrogens (tertiary/aromatic N) is 3. The molecule has 4 rings (SSSR count). The maximum Gasteiger partial charge on any atom is 0.341 e. The smallest absolute Gasteiger partial charge is 0.341 e. The second kappa shape index (κ2) is 9.30. The highest BCUT2D eigenvalue weighted by Crippen LogP contribution is 2.37. The van der Waals surface area contributed by atoms with Crippen LogP contribution in [0.1, 0.15) is 17.3 Å². The molecule has 1 N–H and O–H groups in total. The van der Waals surface area contributed by atoms with Gasteiger partial charge in [0.25, 0.3) is 0 Å². The van der Waals surface area contributed by atoms with Crippen molar-refractivity contribution in [2.75, 3.05) is 50.1 Å². The first kappa shape index (κ1) is 21.7. The predicted octanol–water partition coefficient (Wildman–Crippen LogP) is 5.21. The third kappa shape index (κ3) is 4.56. The van der Waals surface area contributed by atoms with Crippen LogP contribution in [0.4, 0.5) is 17.1 Å². The van der Waals surface area contributed by atoms with Crippen molar-refractivity contribution in [2.24, 2.45) is 0 Å². The molecule has 1 aliphatic rings. The van der Waals surface area contributed by atoms with Crippen LogP contribution in [-0.4, -0.2) is 55.7 Å². The van der Waals surface area contributed by atoms with Gasteiger partial charge in [0.2, 0.25) is 0 Å². The fourth-order valence-electron chi connectivity index (χ4n) is 3.68. The molecule has 0 amide bonds. The minimum Gasteiger partial charge on any atom is -0.462 e. The van der Waals surface area contributed by atoms with E-state index in [0.29, 0.717) is 27.0 Å². The number of ether oxygens (including phenoxy) is 1. The van der Waals surface area contributed by atoms with Gasteiger partial charge < -0.3 is 19.9 Å². The molecule has 0 saturated carbocycles. The van der Waals surface area contributed by atoms with Crippen molar-refractivity contribution >= 4 is 57.1 Å². The Morgan fingerprint density at radius 3 is 2.68 bits per heavy atom. The number of hydrogen-bond donors (Lipinski definition) is 1. The standard InChI is InChI=1S/C23H24Cl2N4O2/c1-3-31-23(30)17-14-26-19-8-7-15(29-11-9-28(2)10-12-29)13-16(19)22(17)27-20-6-4-5-18(24)21(20)25/h4-8,13-14H,3,9-12H2,1-2H3,(H,26,27). The van der Waals surface area contributed by atoms with Crippen molar-refractivity contribution in [1.29, 1.82) is 0 Å². The van der Waals surface area contributed by atoms with Gasteiger partial charge in [0, 0.05) is 43.4 Å². The first-order valence-electron chi connectivity index (χ1n) is 10.2.